The van der Waals surface area contributed by atoms with Gasteiger partial charge in [-0.1, -0.05) is 48.0 Å². The summed E-state index contributed by atoms with van der Waals surface area (Å²) in [5.74, 6) is 0.876. The lowest BCUT2D eigenvalue weighted by atomic mass is 10.1. The second-order valence-corrected chi connectivity index (χ2v) is 10.6. The fraction of sp³-hybridized carbons (Fsp3) is 0.148. The number of aryl methyl sites for hydroxylation is 2. The van der Waals surface area contributed by atoms with Crippen LogP contribution in [0.25, 0.3) is 11.3 Å². The minimum Gasteiger partial charge on any atom is -0.495 e. The fourth-order valence-corrected chi connectivity index (χ4v) is 5.26. The first-order chi connectivity index (χ1) is 17.4. The molecule has 6 nitrogen and oxygen atoms in total. The van der Waals surface area contributed by atoms with Crippen molar-refractivity contribution in [2.45, 2.75) is 18.7 Å². The van der Waals surface area contributed by atoms with Gasteiger partial charge in [-0.3, -0.25) is 4.79 Å². The summed E-state index contributed by atoms with van der Waals surface area (Å²) in [7, 11) is 1.62. The molecule has 0 saturated heterocycles. The summed E-state index contributed by atoms with van der Waals surface area (Å²) in [6.07, 6.45) is 0. The first-order valence-electron chi connectivity index (χ1n) is 11.2. The van der Waals surface area contributed by atoms with Crippen LogP contribution in [0.2, 0.25) is 0 Å². The van der Waals surface area contributed by atoms with Crippen LogP contribution in [0.5, 0.6) is 5.75 Å². The zero-order valence-corrected chi connectivity index (χ0v) is 22.6. The Balaban J connectivity index is 1.31. The van der Waals surface area contributed by atoms with Crippen molar-refractivity contribution < 1.29 is 9.53 Å². The lowest BCUT2D eigenvalue weighted by Gasteiger charge is -2.13. The predicted octanol–water partition coefficient (Wildman–Crippen LogP) is 6.98. The van der Waals surface area contributed by atoms with Gasteiger partial charge in [0.15, 0.2) is 10.2 Å². The topological polar surface area (TPSA) is 75.3 Å². The van der Waals surface area contributed by atoms with Gasteiger partial charge in [-0.25, -0.2) is 4.98 Å². The molecule has 0 aliphatic carbocycles. The molecule has 1 amide bonds. The van der Waals surface area contributed by atoms with Crippen LogP contribution in [-0.4, -0.2) is 28.9 Å². The number of ether oxygens (including phenoxy) is 1. The zero-order chi connectivity index (χ0) is 25.5. The third-order valence-electron chi connectivity index (χ3n) is 5.18. The van der Waals surface area contributed by atoms with Gasteiger partial charge in [0, 0.05) is 21.0 Å². The number of para-hydroxylation sites is 2. The molecule has 1 heterocycles. The number of anilines is 3. The maximum absolute atomic E-state index is 12.6. The van der Waals surface area contributed by atoms with Crippen LogP contribution in [0.1, 0.15) is 10.4 Å². The van der Waals surface area contributed by atoms with Crippen LogP contribution in [0.4, 0.5) is 16.5 Å². The number of nitrogens with zero attached hydrogens (tertiary/aromatic N) is 1. The number of methoxy groups -OCH3 is 1. The minimum atomic E-state index is -0.101. The van der Waals surface area contributed by atoms with Crippen molar-refractivity contribution in [3.8, 4) is 17.0 Å². The van der Waals surface area contributed by atoms with E-state index in [0.717, 1.165) is 32.4 Å². The highest BCUT2D eigenvalue weighted by Crippen LogP contribution is 2.31. The molecule has 0 unspecified atom stereocenters. The highest BCUT2D eigenvalue weighted by molar-refractivity contribution is 8.00. The van der Waals surface area contributed by atoms with E-state index in [0.29, 0.717) is 16.0 Å². The fourth-order valence-electron chi connectivity index (χ4n) is 3.43. The summed E-state index contributed by atoms with van der Waals surface area (Å²) in [4.78, 5) is 19.2. The van der Waals surface area contributed by atoms with Gasteiger partial charge in [-0.15, -0.1) is 23.1 Å². The molecule has 0 spiro atoms. The summed E-state index contributed by atoms with van der Waals surface area (Å²) in [5, 5.41) is 10.3. The Hall–Kier alpha value is -3.40. The maximum atomic E-state index is 12.6. The van der Waals surface area contributed by atoms with Crippen molar-refractivity contribution in [3.05, 3.63) is 83.2 Å². The average Bonchev–Trinajstić information content (AvgIpc) is 3.23. The van der Waals surface area contributed by atoms with Gasteiger partial charge in [0.25, 0.3) is 0 Å². The van der Waals surface area contributed by atoms with E-state index in [2.05, 4.69) is 52.1 Å². The average molecular weight is 535 g/mol. The highest BCUT2D eigenvalue weighted by Gasteiger charge is 2.13. The van der Waals surface area contributed by atoms with E-state index in [1.165, 1.54) is 28.7 Å². The molecule has 36 heavy (non-hydrogen) atoms. The molecule has 0 aliphatic rings. The Labute approximate surface area is 224 Å². The quantitative estimate of drug-likeness (QED) is 0.166. The smallest absolute Gasteiger partial charge is 0.236 e. The number of rotatable bonds is 8. The van der Waals surface area contributed by atoms with E-state index in [1.54, 1.807) is 7.11 Å². The number of carbonyl (C=O) groups excluding carboxylic acids is 1. The molecule has 0 aliphatic heterocycles. The third-order valence-corrected chi connectivity index (χ3v) is 7.27. The van der Waals surface area contributed by atoms with Crippen molar-refractivity contribution in [2.24, 2.45) is 0 Å². The maximum Gasteiger partial charge on any atom is 0.236 e. The van der Waals surface area contributed by atoms with Crippen molar-refractivity contribution >= 4 is 62.8 Å². The van der Waals surface area contributed by atoms with Crippen LogP contribution in [-0.2, 0) is 4.79 Å². The lowest BCUT2D eigenvalue weighted by Crippen LogP contribution is -2.19. The molecule has 9 heteroatoms. The predicted molar refractivity (Wildman–Crippen MR) is 156 cm³/mol. The molecule has 4 aromatic rings. The lowest BCUT2D eigenvalue weighted by molar-refractivity contribution is -0.113. The van der Waals surface area contributed by atoms with Gasteiger partial charge in [0.1, 0.15) is 5.75 Å². The molecule has 0 atom stereocenters. The standard InChI is InChI=1S/C27H26N4O2S3/c1-17-11-13-19(14-12-17)25-18(2)36-27(31-25)30-24(32)16-35-21-8-6-7-20(15-21)28-26(34)29-22-9-4-5-10-23(22)33-3/h4-15H,16H2,1-3H3,(H2,28,29,34)(H,30,31,32). The van der Waals surface area contributed by atoms with E-state index in [1.807, 2.05) is 55.5 Å². The van der Waals surface area contributed by atoms with E-state index >= 15 is 0 Å². The first kappa shape index (κ1) is 25.7. The Morgan fingerprint density at radius 1 is 1.00 bits per heavy atom. The van der Waals surface area contributed by atoms with Crippen molar-refractivity contribution in [3.63, 3.8) is 0 Å². The largest absolute Gasteiger partial charge is 0.495 e. The SMILES string of the molecule is COc1ccccc1NC(=S)Nc1cccc(SCC(=O)Nc2nc(-c3ccc(C)cc3)c(C)s2)c1. The molecule has 0 fully saturated rings. The number of hydrogen-bond donors (Lipinski definition) is 3. The van der Waals surface area contributed by atoms with E-state index in [9.17, 15) is 4.79 Å². The summed E-state index contributed by atoms with van der Waals surface area (Å²) >= 11 is 8.38. The Bertz CT molecular complexity index is 1370. The summed E-state index contributed by atoms with van der Waals surface area (Å²) in [6.45, 7) is 4.07. The second kappa shape index (κ2) is 12.0. The van der Waals surface area contributed by atoms with E-state index in [-0.39, 0.29) is 11.7 Å². The van der Waals surface area contributed by atoms with Gasteiger partial charge in [0.2, 0.25) is 5.91 Å². The molecule has 4 rings (SSSR count). The van der Waals surface area contributed by atoms with Gasteiger partial charge in [-0.2, -0.15) is 0 Å². The van der Waals surface area contributed by atoms with Crippen molar-refractivity contribution in [2.75, 3.05) is 28.8 Å². The van der Waals surface area contributed by atoms with Gasteiger partial charge in [0.05, 0.1) is 24.2 Å². The van der Waals surface area contributed by atoms with Crippen LogP contribution >= 0.6 is 35.3 Å². The van der Waals surface area contributed by atoms with E-state index < -0.39 is 0 Å². The summed E-state index contributed by atoms with van der Waals surface area (Å²) in [5.41, 5.74) is 4.76. The summed E-state index contributed by atoms with van der Waals surface area (Å²) < 4.78 is 5.35. The molecular formula is C27H26N4O2S3. The number of amides is 1. The molecule has 1 aromatic heterocycles. The molecule has 0 radical (unpaired) electrons. The molecule has 3 N–H and O–H groups in total. The number of hydrogen-bond acceptors (Lipinski definition) is 6. The Morgan fingerprint density at radius 3 is 2.56 bits per heavy atom. The van der Waals surface area contributed by atoms with Crippen molar-refractivity contribution in [1.82, 2.24) is 4.98 Å². The Kier molecular flexibility index (Phi) is 8.58. The van der Waals surface area contributed by atoms with E-state index in [4.69, 9.17) is 17.0 Å². The van der Waals surface area contributed by atoms with Crippen LogP contribution < -0.4 is 20.7 Å². The number of thiocarbonyl (C=S) groups is 1. The molecule has 184 valence electrons. The Morgan fingerprint density at radius 2 is 1.78 bits per heavy atom. The van der Waals surface area contributed by atoms with Crippen LogP contribution in [0, 0.1) is 13.8 Å². The third kappa shape index (κ3) is 6.84. The molecule has 3 aromatic carbocycles. The number of nitrogens with one attached hydrogen (secondary N) is 3. The monoisotopic (exact) mass is 534 g/mol. The molecule has 0 bridgehead atoms. The van der Waals surface area contributed by atoms with Crippen LogP contribution in [0.15, 0.2) is 77.7 Å². The number of thioether (sulfide) groups is 1. The molecular weight excluding hydrogens is 509 g/mol. The number of aromatic nitrogens is 1. The number of carbonyl (C=O) groups is 1. The number of benzene rings is 3. The first-order valence-corrected chi connectivity index (χ1v) is 13.4. The zero-order valence-electron chi connectivity index (χ0n) is 20.1. The van der Waals surface area contributed by atoms with Gasteiger partial charge < -0.3 is 20.7 Å². The van der Waals surface area contributed by atoms with Crippen LogP contribution in [0.3, 0.4) is 0 Å². The summed E-state index contributed by atoms with van der Waals surface area (Å²) in [6, 6.07) is 23.6. The molecule has 0 saturated carbocycles. The van der Waals surface area contributed by atoms with Crippen molar-refractivity contribution in [1.29, 1.82) is 0 Å². The number of thiazole rings is 1. The second-order valence-electron chi connectivity index (χ2n) is 7.93. The van der Waals surface area contributed by atoms with Gasteiger partial charge in [-0.05, 0) is 56.4 Å². The van der Waals surface area contributed by atoms with Gasteiger partial charge >= 0.3 is 0 Å². The highest BCUT2D eigenvalue weighted by atomic mass is 32.2. The minimum absolute atomic E-state index is 0.101. The normalized spacial score (nSPS) is 10.5.